The van der Waals surface area contributed by atoms with Crippen molar-refractivity contribution in [2.24, 2.45) is 5.92 Å². The Morgan fingerprint density at radius 1 is 1.21 bits per heavy atom. The van der Waals surface area contributed by atoms with Crippen molar-refractivity contribution in [3.05, 3.63) is 0 Å². The second-order valence-electron chi connectivity index (χ2n) is 4.05. The van der Waals surface area contributed by atoms with Crippen LogP contribution in [0.5, 0.6) is 0 Å². The van der Waals surface area contributed by atoms with Gasteiger partial charge in [-0.25, -0.2) is 0 Å². The molecule has 0 aromatic carbocycles. The molecule has 0 amide bonds. The van der Waals surface area contributed by atoms with E-state index in [-0.39, 0.29) is 0 Å². The lowest BCUT2D eigenvalue weighted by atomic mass is 10.2. The molecule has 0 spiro atoms. The van der Waals surface area contributed by atoms with Gasteiger partial charge in [-0.1, -0.05) is 13.8 Å². The first kappa shape index (κ1) is 13.9. The Kier molecular flexibility index (Phi) is 9.35. The van der Waals surface area contributed by atoms with Crippen molar-refractivity contribution in [1.29, 1.82) is 0 Å². The van der Waals surface area contributed by atoms with E-state index < -0.39 is 0 Å². The smallest absolute Gasteiger partial charge is 0.0615 e. The third-order valence-electron chi connectivity index (χ3n) is 2.07. The van der Waals surface area contributed by atoms with Gasteiger partial charge < -0.3 is 14.8 Å². The number of ether oxygens (including phenoxy) is 2. The van der Waals surface area contributed by atoms with Gasteiger partial charge >= 0.3 is 0 Å². The van der Waals surface area contributed by atoms with Crippen LogP contribution in [0.2, 0.25) is 0 Å². The zero-order chi connectivity index (χ0) is 10.8. The van der Waals surface area contributed by atoms with Gasteiger partial charge in [0.05, 0.1) is 6.61 Å². The summed E-state index contributed by atoms with van der Waals surface area (Å²) >= 11 is 0. The first-order valence-corrected chi connectivity index (χ1v) is 5.44. The largest absolute Gasteiger partial charge is 0.383 e. The molecule has 3 heteroatoms. The van der Waals surface area contributed by atoms with E-state index in [0.717, 1.165) is 32.7 Å². The van der Waals surface area contributed by atoms with Crippen LogP contribution >= 0.6 is 0 Å². The fourth-order valence-electron chi connectivity index (χ4n) is 1.26. The lowest BCUT2D eigenvalue weighted by molar-refractivity contribution is 0.0999. The Labute approximate surface area is 88.2 Å². The third-order valence-corrected chi connectivity index (χ3v) is 2.07. The Morgan fingerprint density at radius 2 is 1.93 bits per heavy atom. The van der Waals surface area contributed by atoms with E-state index in [9.17, 15) is 0 Å². The van der Waals surface area contributed by atoms with Crippen LogP contribution in [-0.2, 0) is 9.47 Å². The predicted octanol–water partition coefficient (Wildman–Crippen LogP) is 1.67. The molecule has 1 unspecified atom stereocenters. The molecule has 0 rings (SSSR count). The molecule has 0 bridgehead atoms. The molecule has 0 aliphatic heterocycles. The van der Waals surface area contributed by atoms with Gasteiger partial charge in [-0.05, 0) is 25.8 Å². The van der Waals surface area contributed by atoms with Gasteiger partial charge in [0.1, 0.15) is 0 Å². The molecule has 0 saturated heterocycles. The maximum Gasteiger partial charge on any atom is 0.0615 e. The van der Waals surface area contributed by atoms with E-state index in [0.29, 0.717) is 12.0 Å². The molecule has 0 fully saturated rings. The molecule has 1 atom stereocenters. The Hall–Kier alpha value is -0.120. The highest BCUT2D eigenvalue weighted by molar-refractivity contribution is 4.62. The van der Waals surface area contributed by atoms with Crippen molar-refractivity contribution in [2.45, 2.75) is 32.7 Å². The standard InChI is InChI=1S/C11H25NO2/c1-10(2)8-14-7-5-6-11(12-3)9-13-4/h10-12H,5-9H2,1-4H3. The summed E-state index contributed by atoms with van der Waals surface area (Å²) in [5.41, 5.74) is 0. The van der Waals surface area contributed by atoms with Gasteiger partial charge in [0.2, 0.25) is 0 Å². The molecule has 0 heterocycles. The van der Waals surface area contributed by atoms with E-state index in [2.05, 4.69) is 19.2 Å². The van der Waals surface area contributed by atoms with Crippen LogP contribution in [0.3, 0.4) is 0 Å². The molecule has 14 heavy (non-hydrogen) atoms. The van der Waals surface area contributed by atoms with Gasteiger partial charge in [0, 0.05) is 26.4 Å². The van der Waals surface area contributed by atoms with Crippen LogP contribution in [0.15, 0.2) is 0 Å². The number of likely N-dealkylation sites (N-methyl/N-ethyl adjacent to an activating group) is 1. The van der Waals surface area contributed by atoms with Crippen molar-refractivity contribution in [3.63, 3.8) is 0 Å². The second kappa shape index (κ2) is 9.44. The fraction of sp³-hybridized carbons (Fsp3) is 1.00. The topological polar surface area (TPSA) is 30.5 Å². The SMILES string of the molecule is CNC(CCCOCC(C)C)COC. The molecule has 1 N–H and O–H groups in total. The summed E-state index contributed by atoms with van der Waals surface area (Å²) in [6, 6.07) is 0.461. The zero-order valence-corrected chi connectivity index (χ0v) is 10.0. The summed E-state index contributed by atoms with van der Waals surface area (Å²) in [5, 5.41) is 3.22. The monoisotopic (exact) mass is 203 g/mol. The van der Waals surface area contributed by atoms with E-state index in [1.165, 1.54) is 0 Å². The molecule has 3 nitrogen and oxygen atoms in total. The quantitative estimate of drug-likeness (QED) is 0.578. The zero-order valence-electron chi connectivity index (χ0n) is 10.0. The lowest BCUT2D eigenvalue weighted by Gasteiger charge is -2.14. The molecule has 0 saturated carbocycles. The number of hydrogen-bond acceptors (Lipinski definition) is 3. The van der Waals surface area contributed by atoms with Crippen LogP contribution in [0.25, 0.3) is 0 Å². The molecule has 0 aromatic heterocycles. The minimum atomic E-state index is 0.461. The lowest BCUT2D eigenvalue weighted by Crippen LogP contribution is -2.30. The van der Waals surface area contributed by atoms with Crippen LogP contribution in [-0.4, -0.2) is 40.0 Å². The van der Waals surface area contributed by atoms with Crippen molar-refractivity contribution >= 4 is 0 Å². The fourth-order valence-corrected chi connectivity index (χ4v) is 1.26. The van der Waals surface area contributed by atoms with Crippen LogP contribution in [0.1, 0.15) is 26.7 Å². The molecular weight excluding hydrogens is 178 g/mol. The summed E-state index contributed by atoms with van der Waals surface area (Å²) in [6.07, 6.45) is 2.21. The number of rotatable bonds is 9. The summed E-state index contributed by atoms with van der Waals surface area (Å²) in [7, 11) is 3.71. The van der Waals surface area contributed by atoms with Gasteiger partial charge in [-0.2, -0.15) is 0 Å². The van der Waals surface area contributed by atoms with E-state index in [1.54, 1.807) is 7.11 Å². The van der Waals surface area contributed by atoms with Crippen molar-refractivity contribution in [2.75, 3.05) is 34.0 Å². The van der Waals surface area contributed by atoms with E-state index in [4.69, 9.17) is 9.47 Å². The maximum absolute atomic E-state index is 5.50. The molecule has 0 radical (unpaired) electrons. The predicted molar refractivity (Wildman–Crippen MR) is 59.6 cm³/mol. The van der Waals surface area contributed by atoms with Crippen LogP contribution in [0.4, 0.5) is 0 Å². The highest BCUT2D eigenvalue weighted by atomic mass is 16.5. The van der Waals surface area contributed by atoms with Crippen molar-refractivity contribution in [1.82, 2.24) is 5.32 Å². The van der Waals surface area contributed by atoms with Gasteiger partial charge in [0.15, 0.2) is 0 Å². The normalized spacial score (nSPS) is 13.5. The minimum Gasteiger partial charge on any atom is -0.383 e. The summed E-state index contributed by atoms with van der Waals surface area (Å²) in [5.74, 6) is 0.633. The number of nitrogens with one attached hydrogen (secondary N) is 1. The summed E-state index contributed by atoms with van der Waals surface area (Å²) in [4.78, 5) is 0. The summed E-state index contributed by atoms with van der Waals surface area (Å²) in [6.45, 7) is 6.85. The Morgan fingerprint density at radius 3 is 2.43 bits per heavy atom. The molecule has 86 valence electrons. The highest BCUT2D eigenvalue weighted by Gasteiger charge is 2.04. The van der Waals surface area contributed by atoms with Gasteiger partial charge in [-0.3, -0.25) is 0 Å². The summed E-state index contributed by atoms with van der Waals surface area (Å²) < 4.78 is 10.6. The van der Waals surface area contributed by atoms with E-state index >= 15 is 0 Å². The van der Waals surface area contributed by atoms with Crippen LogP contribution < -0.4 is 5.32 Å². The van der Waals surface area contributed by atoms with Crippen molar-refractivity contribution < 1.29 is 9.47 Å². The molecule has 0 aliphatic carbocycles. The van der Waals surface area contributed by atoms with E-state index in [1.807, 2.05) is 7.05 Å². The number of methoxy groups -OCH3 is 1. The molecule has 0 aliphatic rings. The first-order valence-electron chi connectivity index (χ1n) is 5.44. The molecule has 0 aromatic rings. The van der Waals surface area contributed by atoms with Crippen molar-refractivity contribution in [3.8, 4) is 0 Å². The van der Waals surface area contributed by atoms with Crippen LogP contribution in [0, 0.1) is 5.92 Å². The number of hydrogen-bond donors (Lipinski definition) is 1. The highest BCUT2D eigenvalue weighted by Crippen LogP contribution is 1.99. The van der Waals surface area contributed by atoms with Gasteiger partial charge in [-0.15, -0.1) is 0 Å². The third kappa shape index (κ3) is 8.48. The van der Waals surface area contributed by atoms with Gasteiger partial charge in [0.25, 0.3) is 0 Å². The molecular formula is C11H25NO2. The average Bonchev–Trinajstić information content (AvgIpc) is 2.15. The Bertz CT molecular complexity index is 118. The minimum absolute atomic E-state index is 0.461. The Balaban J connectivity index is 3.24. The average molecular weight is 203 g/mol. The maximum atomic E-state index is 5.50. The first-order chi connectivity index (χ1) is 6.70. The second-order valence-corrected chi connectivity index (χ2v) is 4.05.